The molecule has 1 aromatic rings. The van der Waals surface area contributed by atoms with Gasteiger partial charge in [0.25, 0.3) is 0 Å². The number of nitrogens with zero attached hydrogens (tertiary/aromatic N) is 3. The molecule has 0 saturated carbocycles. The highest BCUT2D eigenvalue weighted by molar-refractivity contribution is 7.91. The number of aliphatic hydroxyl groups excluding tert-OH is 1. The monoisotopic (exact) mass is 274 g/mol. The second kappa shape index (κ2) is 5.77. The van der Waals surface area contributed by atoms with Gasteiger partial charge < -0.3 is 10.4 Å². The highest BCUT2D eigenvalue weighted by atomic mass is 32.2. The molecule has 1 aromatic heterocycles. The van der Waals surface area contributed by atoms with Crippen molar-refractivity contribution in [1.29, 1.82) is 0 Å². The Morgan fingerprint density at radius 1 is 1.56 bits per heavy atom. The van der Waals surface area contributed by atoms with Gasteiger partial charge in [-0.15, -0.1) is 5.10 Å². The second-order valence-corrected chi connectivity index (χ2v) is 6.76. The van der Waals surface area contributed by atoms with E-state index in [0.29, 0.717) is 18.8 Å². The number of rotatable bonds is 5. The van der Waals surface area contributed by atoms with Crippen LogP contribution < -0.4 is 5.32 Å². The summed E-state index contributed by atoms with van der Waals surface area (Å²) in [6.45, 7) is 0.952. The third kappa shape index (κ3) is 3.76. The highest BCUT2D eigenvalue weighted by Crippen LogP contribution is 2.12. The Labute approximate surface area is 106 Å². The van der Waals surface area contributed by atoms with Gasteiger partial charge in [-0.25, -0.2) is 13.1 Å². The van der Waals surface area contributed by atoms with Crippen LogP contribution in [-0.4, -0.2) is 52.7 Å². The zero-order valence-electron chi connectivity index (χ0n) is 10.1. The van der Waals surface area contributed by atoms with Gasteiger partial charge >= 0.3 is 0 Å². The van der Waals surface area contributed by atoms with Gasteiger partial charge in [0.2, 0.25) is 0 Å². The van der Waals surface area contributed by atoms with Gasteiger partial charge in [0.05, 0.1) is 30.4 Å². The van der Waals surface area contributed by atoms with Gasteiger partial charge in [-0.1, -0.05) is 5.21 Å². The Morgan fingerprint density at radius 2 is 2.39 bits per heavy atom. The number of aromatic nitrogens is 3. The minimum atomic E-state index is -2.88. The summed E-state index contributed by atoms with van der Waals surface area (Å²) in [7, 11) is -2.88. The first-order valence-electron chi connectivity index (χ1n) is 6.03. The first-order valence-corrected chi connectivity index (χ1v) is 7.85. The lowest BCUT2D eigenvalue weighted by Gasteiger charge is -2.22. The summed E-state index contributed by atoms with van der Waals surface area (Å²) in [5.41, 5.74) is 0.756. The maximum atomic E-state index is 11.5. The summed E-state index contributed by atoms with van der Waals surface area (Å²) in [5, 5.41) is 19.7. The Hall–Kier alpha value is -0.990. The van der Waals surface area contributed by atoms with E-state index in [1.807, 2.05) is 0 Å². The predicted octanol–water partition coefficient (Wildman–Crippen LogP) is -1.06. The Bertz CT molecular complexity index is 485. The summed E-state index contributed by atoms with van der Waals surface area (Å²) in [6, 6.07) is 0.00624. The van der Waals surface area contributed by atoms with E-state index in [2.05, 4.69) is 15.6 Å². The minimum absolute atomic E-state index is 0.00624. The largest absolute Gasteiger partial charge is 0.394 e. The number of hydrogen-bond donors (Lipinski definition) is 2. The molecule has 2 N–H and O–H groups in total. The quantitative estimate of drug-likeness (QED) is 0.710. The molecule has 0 bridgehead atoms. The lowest BCUT2D eigenvalue weighted by molar-refractivity contribution is 0.268. The smallest absolute Gasteiger partial charge is 0.151 e. The fourth-order valence-electron chi connectivity index (χ4n) is 2.06. The van der Waals surface area contributed by atoms with Crippen molar-refractivity contribution in [1.82, 2.24) is 20.3 Å². The molecular formula is C10H18N4O3S. The molecule has 1 aliphatic rings. The van der Waals surface area contributed by atoms with Crippen LogP contribution in [0, 0.1) is 0 Å². The van der Waals surface area contributed by atoms with Crippen LogP contribution in [0.3, 0.4) is 0 Å². The molecule has 0 amide bonds. The van der Waals surface area contributed by atoms with E-state index in [1.54, 1.807) is 10.9 Å². The molecule has 0 aromatic carbocycles. The molecule has 0 spiro atoms. The zero-order chi connectivity index (χ0) is 13.0. The van der Waals surface area contributed by atoms with Crippen LogP contribution in [0.15, 0.2) is 6.20 Å². The predicted molar refractivity (Wildman–Crippen MR) is 65.6 cm³/mol. The number of hydrogen-bond acceptors (Lipinski definition) is 6. The summed E-state index contributed by atoms with van der Waals surface area (Å²) in [4.78, 5) is 0. The second-order valence-electron chi connectivity index (χ2n) is 4.53. The fourth-order valence-corrected chi connectivity index (χ4v) is 3.73. The van der Waals surface area contributed by atoms with Gasteiger partial charge in [-0.2, -0.15) is 0 Å². The normalized spacial score (nSPS) is 23.1. The van der Waals surface area contributed by atoms with Gasteiger partial charge in [0.1, 0.15) is 0 Å². The first-order chi connectivity index (χ1) is 8.59. The third-order valence-electron chi connectivity index (χ3n) is 2.95. The molecule has 2 heterocycles. The van der Waals surface area contributed by atoms with Crippen LogP contribution in [0.2, 0.25) is 0 Å². The van der Waals surface area contributed by atoms with Crippen LogP contribution in [0.1, 0.15) is 18.5 Å². The van der Waals surface area contributed by atoms with E-state index >= 15 is 0 Å². The molecule has 0 radical (unpaired) electrons. The van der Waals surface area contributed by atoms with Crippen LogP contribution in [0.4, 0.5) is 0 Å². The molecule has 18 heavy (non-hydrogen) atoms. The number of nitrogens with one attached hydrogen (secondary N) is 1. The van der Waals surface area contributed by atoms with Gasteiger partial charge in [0, 0.05) is 18.8 Å². The van der Waals surface area contributed by atoms with Gasteiger partial charge in [0.15, 0.2) is 9.84 Å². The van der Waals surface area contributed by atoms with Crippen molar-refractivity contribution in [2.75, 3.05) is 18.1 Å². The topological polar surface area (TPSA) is 97.1 Å². The summed E-state index contributed by atoms with van der Waals surface area (Å²) >= 11 is 0. The van der Waals surface area contributed by atoms with Crippen LogP contribution in [-0.2, 0) is 22.9 Å². The van der Waals surface area contributed by atoms with E-state index < -0.39 is 9.84 Å². The first kappa shape index (κ1) is 13.4. The maximum Gasteiger partial charge on any atom is 0.151 e. The van der Waals surface area contributed by atoms with E-state index in [9.17, 15) is 8.42 Å². The lowest BCUT2D eigenvalue weighted by atomic mass is 10.2. The molecule has 1 atom stereocenters. The Morgan fingerprint density at radius 3 is 3.11 bits per heavy atom. The van der Waals surface area contributed by atoms with E-state index in [1.165, 1.54) is 0 Å². The molecule has 2 rings (SSSR count). The summed E-state index contributed by atoms with van der Waals surface area (Å²) in [5.74, 6) is 0.510. The molecule has 1 unspecified atom stereocenters. The summed E-state index contributed by atoms with van der Waals surface area (Å²) < 4.78 is 24.5. The average molecular weight is 274 g/mol. The molecule has 1 fully saturated rings. The number of sulfone groups is 1. The molecule has 1 aliphatic heterocycles. The van der Waals surface area contributed by atoms with Crippen LogP contribution in [0.5, 0.6) is 0 Å². The van der Waals surface area contributed by atoms with Crippen molar-refractivity contribution >= 4 is 9.84 Å². The van der Waals surface area contributed by atoms with Crippen molar-refractivity contribution in [2.24, 2.45) is 0 Å². The fraction of sp³-hybridized carbons (Fsp3) is 0.800. The average Bonchev–Trinajstić information content (AvgIpc) is 2.74. The van der Waals surface area contributed by atoms with Gasteiger partial charge in [-0.3, -0.25) is 0 Å². The minimum Gasteiger partial charge on any atom is -0.394 e. The molecule has 0 aliphatic carbocycles. The van der Waals surface area contributed by atoms with Crippen molar-refractivity contribution in [2.45, 2.75) is 32.0 Å². The van der Waals surface area contributed by atoms with Crippen LogP contribution >= 0.6 is 0 Å². The van der Waals surface area contributed by atoms with Crippen molar-refractivity contribution < 1.29 is 13.5 Å². The van der Waals surface area contributed by atoms with E-state index in [0.717, 1.165) is 18.5 Å². The lowest BCUT2D eigenvalue weighted by Crippen LogP contribution is -2.39. The molecule has 102 valence electrons. The van der Waals surface area contributed by atoms with Crippen molar-refractivity contribution in [3.8, 4) is 0 Å². The summed E-state index contributed by atoms with van der Waals surface area (Å²) in [6.07, 6.45) is 3.35. The molecule has 1 saturated heterocycles. The Balaban J connectivity index is 1.83. The Kier molecular flexibility index (Phi) is 4.31. The highest BCUT2D eigenvalue weighted by Gasteiger charge is 2.24. The molecule has 7 nitrogen and oxygen atoms in total. The van der Waals surface area contributed by atoms with E-state index in [4.69, 9.17) is 5.11 Å². The standard InChI is InChI=1S/C10H18N4O3S/c15-4-3-14-7-10(12-13-14)6-11-9-2-1-5-18(16,17)8-9/h7,9,11,15H,1-6,8H2. The van der Waals surface area contributed by atoms with Crippen molar-refractivity contribution in [3.63, 3.8) is 0 Å². The number of aliphatic hydroxyl groups is 1. The molecule has 8 heteroatoms. The van der Waals surface area contributed by atoms with Gasteiger partial charge in [-0.05, 0) is 12.8 Å². The maximum absolute atomic E-state index is 11.5. The zero-order valence-corrected chi connectivity index (χ0v) is 10.9. The van der Waals surface area contributed by atoms with Crippen molar-refractivity contribution in [3.05, 3.63) is 11.9 Å². The van der Waals surface area contributed by atoms with E-state index in [-0.39, 0.29) is 18.4 Å². The molecular weight excluding hydrogens is 256 g/mol. The third-order valence-corrected chi connectivity index (χ3v) is 4.77. The van der Waals surface area contributed by atoms with Crippen LogP contribution in [0.25, 0.3) is 0 Å². The SMILES string of the molecule is O=S1(=O)CCCC(NCc2cn(CCO)nn2)C1.